The molecule has 2 spiro atoms. The summed E-state index contributed by atoms with van der Waals surface area (Å²) in [4.78, 5) is 64.4. The molecule has 236 valence electrons. The number of hydrogen-bond acceptors (Lipinski definition) is 8. The first-order valence-electron chi connectivity index (χ1n) is 17.0. The van der Waals surface area contributed by atoms with E-state index in [-0.39, 0.29) is 43.3 Å². The minimum Gasteiger partial charge on any atom is -0.287 e. The van der Waals surface area contributed by atoms with Crippen LogP contribution in [0.3, 0.4) is 0 Å². The number of rotatable bonds is 2. The highest BCUT2D eigenvalue weighted by molar-refractivity contribution is 7.30. The molecule has 0 bridgehead atoms. The summed E-state index contributed by atoms with van der Waals surface area (Å²) in [6.45, 7) is 0. The predicted molar refractivity (Wildman–Crippen MR) is 193 cm³/mol. The van der Waals surface area contributed by atoms with Crippen molar-refractivity contribution in [2.24, 2.45) is 15.4 Å². The van der Waals surface area contributed by atoms with Crippen molar-refractivity contribution < 1.29 is 0 Å². The highest BCUT2D eigenvalue weighted by Gasteiger charge is 2.57. The van der Waals surface area contributed by atoms with E-state index >= 15 is 0 Å². The summed E-state index contributed by atoms with van der Waals surface area (Å²) < 4.78 is 2.35. The van der Waals surface area contributed by atoms with Crippen molar-refractivity contribution in [3.63, 3.8) is 0 Å². The average molecular weight is 667 g/mol. The van der Waals surface area contributed by atoms with Crippen LogP contribution in [0.1, 0.15) is 74.6 Å². The van der Waals surface area contributed by atoms with Gasteiger partial charge in [-0.3, -0.25) is 19.2 Å². The molecule has 0 atom stereocenters. The molecular weight excluding hydrogens is 637 g/mol. The second-order valence-corrected chi connectivity index (χ2v) is 16.1. The lowest BCUT2D eigenvalue weighted by atomic mass is 9.67. The standard InChI is InChI=1S/C40H30N2O4S2/c43-33-21-11-3-4-12-22(21)34(44)31(33)41-27-19-25-29(40(27)17-9-2-10-18-40)38-30(39(25)15-7-1-8-16-39)37-26(47-38)20-28(48-37)42-32-35(45)23-13-5-6-14-24(23)36(32)46/h3-6,11-14,19-20H,1-2,7-10,15-18H2. The molecule has 4 aliphatic carbocycles. The van der Waals surface area contributed by atoms with E-state index < -0.39 is 0 Å². The summed E-state index contributed by atoms with van der Waals surface area (Å²) in [7, 11) is 0. The zero-order valence-corrected chi connectivity index (χ0v) is 27.8. The van der Waals surface area contributed by atoms with E-state index in [1.54, 1.807) is 71.2 Å². The first kappa shape index (κ1) is 28.6. The van der Waals surface area contributed by atoms with Crippen molar-refractivity contribution in [3.8, 4) is 0 Å². The fraction of sp³-hybridized carbons (Fsp3) is 0.300. The van der Waals surface area contributed by atoms with E-state index in [0.717, 1.165) is 61.8 Å². The Bertz CT molecular complexity index is 2680. The highest BCUT2D eigenvalue weighted by atomic mass is 32.1. The van der Waals surface area contributed by atoms with Gasteiger partial charge in [0, 0.05) is 42.0 Å². The van der Waals surface area contributed by atoms with Crippen molar-refractivity contribution in [2.75, 3.05) is 0 Å². The molecular formula is C40H30N2O4S2. The summed E-state index contributed by atoms with van der Waals surface area (Å²) in [5, 5.41) is 2.50. The summed E-state index contributed by atoms with van der Waals surface area (Å²) in [6.07, 6.45) is 13.1. The SMILES string of the molecule is O=c1c(=NC2=CC3=C(c4sc5cc(N=c6c(=O)c7ccccc7c6=O)sc5c4C34CCCCC4)C23CCCCC3)c(=O)c2ccccc12. The number of hydrogen-bond donors (Lipinski definition) is 0. The maximum atomic E-state index is 13.5. The molecule has 0 unspecified atom stereocenters. The molecule has 48 heavy (non-hydrogen) atoms. The van der Waals surface area contributed by atoms with Crippen molar-refractivity contribution in [1.82, 2.24) is 0 Å². The zero-order valence-electron chi connectivity index (χ0n) is 26.2. The van der Waals surface area contributed by atoms with Crippen LogP contribution in [0, 0.1) is 5.41 Å². The van der Waals surface area contributed by atoms with Crippen LogP contribution < -0.4 is 32.4 Å². The molecule has 2 saturated carbocycles. The minimum absolute atomic E-state index is 0.000695. The fourth-order valence-corrected chi connectivity index (χ4v) is 12.4. The van der Waals surface area contributed by atoms with Crippen molar-refractivity contribution in [1.29, 1.82) is 0 Å². The second kappa shape index (κ2) is 10.1. The monoisotopic (exact) mass is 666 g/mol. The van der Waals surface area contributed by atoms with Crippen molar-refractivity contribution in [2.45, 2.75) is 69.6 Å². The normalized spacial score (nSPS) is 19.5. The number of thiophene rings is 2. The van der Waals surface area contributed by atoms with E-state index in [9.17, 15) is 19.2 Å². The zero-order chi connectivity index (χ0) is 32.4. The fourth-order valence-electron chi connectivity index (χ4n) is 9.51. The summed E-state index contributed by atoms with van der Waals surface area (Å²) in [5.41, 5.74) is 3.39. The third-order valence-corrected chi connectivity index (χ3v) is 14.0. The van der Waals surface area contributed by atoms with Gasteiger partial charge < -0.3 is 0 Å². The van der Waals surface area contributed by atoms with Crippen LogP contribution in [0.5, 0.6) is 0 Å². The molecule has 0 saturated heterocycles. The third kappa shape index (κ3) is 3.62. The molecule has 6 nitrogen and oxygen atoms in total. The van der Waals surface area contributed by atoms with Crippen LogP contribution >= 0.6 is 22.7 Å². The van der Waals surface area contributed by atoms with Gasteiger partial charge >= 0.3 is 0 Å². The first-order valence-corrected chi connectivity index (χ1v) is 18.6. The maximum Gasteiger partial charge on any atom is 0.216 e. The summed E-state index contributed by atoms with van der Waals surface area (Å²) in [6, 6.07) is 16.1. The van der Waals surface area contributed by atoms with E-state index in [1.165, 1.54) is 39.1 Å². The van der Waals surface area contributed by atoms with Gasteiger partial charge in [0.25, 0.3) is 0 Å². The number of benzene rings is 2. The molecule has 4 aliphatic rings. The second-order valence-electron chi connectivity index (χ2n) is 14.0. The highest BCUT2D eigenvalue weighted by Crippen LogP contribution is 2.70. The van der Waals surface area contributed by atoms with Crippen LogP contribution in [-0.4, -0.2) is 0 Å². The van der Waals surface area contributed by atoms with E-state index in [4.69, 9.17) is 9.98 Å². The number of nitrogens with zero attached hydrogens (tertiary/aromatic N) is 2. The molecule has 0 radical (unpaired) electrons. The smallest absolute Gasteiger partial charge is 0.216 e. The molecule has 2 aromatic heterocycles. The maximum absolute atomic E-state index is 13.5. The minimum atomic E-state index is -0.323. The molecule has 6 aromatic rings. The quantitative estimate of drug-likeness (QED) is 0.197. The van der Waals surface area contributed by atoms with Crippen LogP contribution in [0.4, 0.5) is 5.00 Å². The lowest BCUT2D eigenvalue weighted by Gasteiger charge is -2.37. The number of fused-ring (bicyclic) bond motifs is 9. The van der Waals surface area contributed by atoms with Gasteiger partial charge in [-0.25, -0.2) is 9.98 Å². The lowest BCUT2D eigenvalue weighted by molar-refractivity contribution is 0.321. The molecule has 4 aromatic carbocycles. The Labute approximate surface area is 282 Å². The van der Waals surface area contributed by atoms with E-state index in [2.05, 4.69) is 12.1 Å². The molecule has 2 fully saturated rings. The Morgan fingerprint density at radius 1 is 0.583 bits per heavy atom. The van der Waals surface area contributed by atoms with E-state index in [0.29, 0.717) is 26.5 Å². The molecule has 10 rings (SSSR count). The summed E-state index contributed by atoms with van der Waals surface area (Å²) in [5.74, 6) is 0. The molecule has 0 aliphatic heterocycles. The first-order chi connectivity index (χ1) is 23.4. The Hall–Kier alpha value is -4.40. The van der Waals surface area contributed by atoms with Crippen LogP contribution in [-0.2, 0) is 5.41 Å². The van der Waals surface area contributed by atoms with Crippen molar-refractivity contribution in [3.05, 3.63) is 134 Å². The number of allylic oxidation sites excluding steroid dienone is 3. The van der Waals surface area contributed by atoms with Gasteiger partial charge in [-0.1, -0.05) is 87.1 Å². The van der Waals surface area contributed by atoms with Crippen molar-refractivity contribution >= 4 is 64.2 Å². The molecule has 0 N–H and O–H groups in total. The summed E-state index contributed by atoms with van der Waals surface area (Å²) >= 11 is 3.39. The Kier molecular flexibility index (Phi) is 5.99. The molecule has 2 heterocycles. The van der Waals surface area contributed by atoms with Gasteiger partial charge in [-0.15, -0.1) is 22.7 Å². The Morgan fingerprint density at radius 2 is 1.08 bits per heavy atom. The predicted octanol–water partition coefficient (Wildman–Crippen LogP) is 7.11. The van der Waals surface area contributed by atoms with Crippen LogP contribution in [0.25, 0.3) is 36.5 Å². The van der Waals surface area contributed by atoms with Gasteiger partial charge in [-0.05, 0) is 54.5 Å². The van der Waals surface area contributed by atoms with E-state index in [1.807, 2.05) is 0 Å². The van der Waals surface area contributed by atoms with Gasteiger partial charge in [0.05, 0.1) is 10.4 Å². The third-order valence-electron chi connectivity index (χ3n) is 11.7. The molecule has 8 heteroatoms. The Balaban J connectivity index is 1.19. The van der Waals surface area contributed by atoms with Gasteiger partial charge in [0.2, 0.25) is 21.7 Å². The van der Waals surface area contributed by atoms with Crippen LogP contribution in [0.15, 0.2) is 101 Å². The Morgan fingerprint density at radius 3 is 1.62 bits per heavy atom. The molecule has 0 amide bonds. The van der Waals surface area contributed by atoms with Gasteiger partial charge in [-0.2, -0.15) is 0 Å². The largest absolute Gasteiger partial charge is 0.287 e. The lowest BCUT2D eigenvalue weighted by Crippen LogP contribution is -2.34. The van der Waals surface area contributed by atoms with Gasteiger partial charge in [0.1, 0.15) is 5.00 Å². The average Bonchev–Trinajstić information content (AvgIpc) is 3.90. The van der Waals surface area contributed by atoms with Gasteiger partial charge in [0.15, 0.2) is 10.7 Å². The topological polar surface area (TPSA) is 93.0 Å². The van der Waals surface area contributed by atoms with Crippen LogP contribution in [0.2, 0.25) is 0 Å².